The first-order valence-corrected chi connectivity index (χ1v) is 14.0. The molecule has 1 aliphatic carbocycles. The summed E-state index contributed by atoms with van der Waals surface area (Å²) in [6.07, 6.45) is 0. The lowest BCUT2D eigenvalue weighted by molar-refractivity contribution is -0.0893. The number of nitriles is 1. The van der Waals surface area contributed by atoms with Gasteiger partial charge in [0.15, 0.2) is 0 Å². The fraction of sp³-hybridized carbons (Fsp3) is 0.194. The predicted molar refractivity (Wildman–Crippen MR) is 164 cm³/mol. The SMILES string of the molecule is CC(C)(O)C(C)(C)OBc1ccc2c(c1)Oc1ccccc1C21c2ccccc2-c2c1cc(C#N)c1ccccc21. The molecule has 0 saturated carbocycles. The standard InChI is InChI=1S/C36H30BNO3/c1-34(2,39)35(3,4)41-37-23-17-18-29-32(20-23)40-31-16-10-9-15-28(31)36(29)27-14-8-7-13-26(27)33-25-12-6-5-11-24(25)22(21-38)19-30(33)36/h5-20,37,39H,1-4H3. The van der Waals surface area contributed by atoms with Gasteiger partial charge < -0.3 is 14.5 Å². The summed E-state index contributed by atoms with van der Waals surface area (Å²) in [7, 11) is 0.332. The molecule has 0 amide bonds. The molecule has 0 aromatic heterocycles. The smallest absolute Gasteiger partial charge is 0.309 e. The van der Waals surface area contributed by atoms with Crippen LogP contribution in [0.15, 0.2) is 97.1 Å². The first-order valence-electron chi connectivity index (χ1n) is 14.0. The van der Waals surface area contributed by atoms with E-state index in [-0.39, 0.29) is 0 Å². The van der Waals surface area contributed by atoms with Gasteiger partial charge in [-0.25, -0.2) is 0 Å². The van der Waals surface area contributed by atoms with Gasteiger partial charge in [0.05, 0.1) is 28.2 Å². The Balaban J connectivity index is 1.51. The van der Waals surface area contributed by atoms with Crippen LogP contribution in [0.1, 0.15) is 55.5 Å². The number of fused-ring (bicyclic) bond motifs is 11. The zero-order valence-corrected chi connectivity index (χ0v) is 23.7. The predicted octanol–water partition coefficient (Wildman–Crippen LogP) is 6.72. The molecular formula is C36H30BNO3. The van der Waals surface area contributed by atoms with E-state index in [0.29, 0.717) is 13.0 Å². The van der Waals surface area contributed by atoms with Gasteiger partial charge in [-0.1, -0.05) is 78.9 Å². The lowest BCUT2D eigenvalue weighted by Crippen LogP contribution is -2.49. The maximum Gasteiger partial charge on any atom is 0.309 e. The van der Waals surface area contributed by atoms with E-state index in [1.165, 1.54) is 11.1 Å². The Bertz CT molecular complexity index is 1910. The van der Waals surface area contributed by atoms with Gasteiger partial charge in [-0.2, -0.15) is 5.26 Å². The van der Waals surface area contributed by atoms with Crippen molar-refractivity contribution in [3.05, 3.63) is 125 Å². The van der Waals surface area contributed by atoms with Gasteiger partial charge >= 0.3 is 7.48 Å². The molecule has 7 rings (SSSR count). The van der Waals surface area contributed by atoms with E-state index in [9.17, 15) is 10.4 Å². The maximum absolute atomic E-state index is 10.6. The van der Waals surface area contributed by atoms with E-state index in [1.807, 2.05) is 44.2 Å². The number of nitrogens with zero attached hydrogens (tertiary/aromatic N) is 1. The number of para-hydroxylation sites is 1. The second kappa shape index (κ2) is 8.82. The minimum Gasteiger partial charge on any atom is -0.457 e. The molecule has 2 aliphatic rings. The topological polar surface area (TPSA) is 62.5 Å². The van der Waals surface area contributed by atoms with Crippen LogP contribution < -0.4 is 10.2 Å². The maximum atomic E-state index is 10.6. The van der Waals surface area contributed by atoms with E-state index in [2.05, 4.69) is 72.8 Å². The largest absolute Gasteiger partial charge is 0.457 e. The highest BCUT2D eigenvalue weighted by molar-refractivity contribution is 6.47. The van der Waals surface area contributed by atoms with Crippen LogP contribution in [0.4, 0.5) is 0 Å². The van der Waals surface area contributed by atoms with Gasteiger partial charge in [0.2, 0.25) is 0 Å². The minimum absolute atomic E-state index is 0.332. The van der Waals surface area contributed by atoms with Crippen molar-refractivity contribution in [3.63, 3.8) is 0 Å². The quantitative estimate of drug-likeness (QED) is 0.254. The number of rotatable bonds is 4. The number of hydrogen-bond acceptors (Lipinski definition) is 4. The van der Waals surface area contributed by atoms with Gasteiger partial charge in [0.25, 0.3) is 0 Å². The second-order valence-corrected chi connectivity index (χ2v) is 12.1. The monoisotopic (exact) mass is 535 g/mol. The molecule has 4 nitrogen and oxygen atoms in total. The van der Waals surface area contributed by atoms with Crippen molar-refractivity contribution in [3.8, 4) is 28.7 Å². The highest BCUT2D eigenvalue weighted by Crippen LogP contribution is 2.63. The van der Waals surface area contributed by atoms with Gasteiger partial charge in [-0.3, -0.25) is 0 Å². The Morgan fingerprint density at radius 3 is 2.17 bits per heavy atom. The molecule has 0 saturated heterocycles. The summed E-state index contributed by atoms with van der Waals surface area (Å²) >= 11 is 0. The molecule has 1 aliphatic heterocycles. The van der Waals surface area contributed by atoms with Gasteiger partial charge in [0.1, 0.15) is 11.5 Å². The zero-order chi connectivity index (χ0) is 28.6. The fourth-order valence-electron chi connectivity index (χ4n) is 6.43. The molecule has 5 aromatic rings. The van der Waals surface area contributed by atoms with E-state index >= 15 is 0 Å². The van der Waals surface area contributed by atoms with Crippen molar-refractivity contribution in [1.29, 1.82) is 5.26 Å². The Morgan fingerprint density at radius 2 is 1.41 bits per heavy atom. The molecule has 200 valence electrons. The van der Waals surface area contributed by atoms with Gasteiger partial charge in [-0.05, 0) is 79.0 Å². The van der Waals surface area contributed by atoms with E-state index in [0.717, 1.165) is 50.0 Å². The highest BCUT2D eigenvalue weighted by atomic mass is 16.5. The normalized spacial score (nSPS) is 16.8. The lowest BCUT2D eigenvalue weighted by atomic mass is 9.65. The van der Waals surface area contributed by atoms with E-state index in [1.54, 1.807) is 13.8 Å². The Morgan fingerprint density at radius 1 is 0.756 bits per heavy atom. The third kappa shape index (κ3) is 3.55. The third-order valence-corrected chi connectivity index (χ3v) is 9.20. The molecule has 1 spiro atoms. The van der Waals surface area contributed by atoms with Crippen molar-refractivity contribution < 1.29 is 14.5 Å². The number of benzene rings is 5. The average Bonchev–Trinajstić information content (AvgIpc) is 3.26. The van der Waals surface area contributed by atoms with E-state index in [4.69, 9.17) is 9.39 Å². The molecule has 1 atom stereocenters. The Labute approximate surface area is 241 Å². The summed E-state index contributed by atoms with van der Waals surface area (Å²) in [5.41, 5.74) is 5.93. The summed E-state index contributed by atoms with van der Waals surface area (Å²) in [6.45, 7) is 7.32. The Kier molecular flexibility index (Phi) is 5.50. The lowest BCUT2D eigenvalue weighted by Gasteiger charge is -2.40. The Hall–Kier alpha value is -4.37. The number of aliphatic hydroxyl groups is 1. The summed E-state index contributed by atoms with van der Waals surface area (Å²) in [5, 5.41) is 22.9. The molecule has 41 heavy (non-hydrogen) atoms. The van der Waals surface area contributed by atoms with Crippen molar-refractivity contribution in [2.75, 3.05) is 0 Å². The van der Waals surface area contributed by atoms with Crippen LogP contribution in [0.5, 0.6) is 11.5 Å². The molecule has 0 radical (unpaired) electrons. The van der Waals surface area contributed by atoms with Gasteiger partial charge in [0, 0.05) is 16.5 Å². The molecule has 5 heteroatoms. The first kappa shape index (κ1) is 25.6. The van der Waals surface area contributed by atoms with Crippen LogP contribution >= 0.6 is 0 Å². The summed E-state index contributed by atoms with van der Waals surface area (Å²) < 4.78 is 12.8. The summed E-state index contributed by atoms with van der Waals surface area (Å²) in [6, 6.07) is 35.9. The molecule has 0 bridgehead atoms. The van der Waals surface area contributed by atoms with Crippen LogP contribution in [0.25, 0.3) is 21.9 Å². The molecule has 1 N–H and O–H groups in total. The van der Waals surface area contributed by atoms with Crippen molar-refractivity contribution >= 4 is 23.7 Å². The van der Waals surface area contributed by atoms with Crippen molar-refractivity contribution in [2.24, 2.45) is 0 Å². The second-order valence-electron chi connectivity index (χ2n) is 12.1. The minimum atomic E-state index is -1.00. The summed E-state index contributed by atoms with van der Waals surface area (Å²) in [4.78, 5) is 0. The molecule has 1 heterocycles. The van der Waals surface area contributed by atoms with Gasteiger partial charge in [-0.15, -0.1) is 0 Å². The molecule has 0 fully saturated rings. The van der Waals surface area contributed by atoms with Crippen LogP contribution in [0.2, 0.25) is 0 Å². The average molecular weight is 535 g/mol. The fourth-order valence-corrected chi connectivity index (χ4v) is 6.43. The third-order valence-electron chi connectivity index (χ3n) is 9.20. The molecular weight excluding hydrogens is 505 g/mol. The van der Waals surface area contributed by atoms with Crippen LogP contribution in [-0.2, 0) is 10.1 Å². The number of ether oxygens (including phenoxy) is 1. The van der Waals surface area contributed by atoms with E-state index < -0.39 is 16.6 Å². The molecule has 5 aromatic carbocycles. The number of hydrogen-bond donors (Lipinski definition) is 1. The highest BCUT2D eigenvalue weighted by Gasteiger charge is 2.51. The van der Waals surface area contributed by atoms with Crippen molar-refractivity contribution in [2.45, 2.75) is 44.3 Å². The summed E-state index contributed by atoms with van der Waals surface area (Å²) in [5.74, 6) is 1.56. The van der Waals surface area contributed by atoms with Crippen molar-refractivity contribution in [1.82, 2.24) is 0 Å². The van der Waals surface area contributed by atoms with Crippen LogP contribution in [0.3, 0.4) is 0 Å². The zero-order valence-electron chi connectivity index (χ0n) is 23.7. The molecule has 1 unspecified atom stereocenters. The first-order chi connectivity index (χ1) is 19.7. The van der Waals surface area contributed by atoms with Crippen LogP contribution in [-0.4, -0.2) is 23.8 Å². The van der Waals surface area contributed by atoms with Crippen LogP contribution in [0, 0.1) is 11.3 Å².